The summed E-state index contributed by atoms with van der Waals surface area (Å²) in [7, 11) is 6.42. The standard InChI is InChI=1S/C6H14N.H2O/c1-5-6-7(2,3)4;/h5H,1,6H2,2-4H3;1H2/q+1;/p-1. The minimum Gasteiger partial charge on any atom is -0.870 e. The van der Waals surface area contributed by atoms with Crippen molar-refractivity contribution >= 4 is 0 Å². The Kier molecular flexibility index (Phi) is 4.82. The Morgan fingerprint density at radius 3 is 1.75 bits per heavy atom. The quantitative estimate of drug-likeness (QED) is 0.387. The third-order valence-electron chi connectivity index (χ3n) is 0.677. The second kappa shape index (κ2) is 3.64. The molecule has 50 valence electrons. The lowest BCUT2D eigenvalue weighted by molar-refractivity contribution is -0.864. The van der Waals surface area contributed by atoms with E-state index in [0.717, 1.165) is 11.0 Å². The minimum atomic E-state index is 0. The minimum absolute atomic E-state index is 0. The van der Waals surface area contributed by atoms with E-state index in [4.69, 9.17) is 0 Å². The van der Waals surface area contributed by atoms with Crippen LogP contribution in [0.3, 0.4) is 0 Å². The smallest absolute Gasteiger partial charge is 0.0964 e. The predicted octanol–water partition coefficient (Wildman–Crippen LogP) is 0.702. The average molecular weight is 117 g/mol. The van der Waals surface area contributed by atoms with Crippen LogP contribution in [0.15, 0.2) is 12.7 Å². The van der Waals surface area contributed by atoms with Crippen LogP contribution in [0.2, 0.25) is 0 Å². The van der Waals surface area contributed by atoms with Gasteiger partial charge in [-0.2, -0.15) is 0 Å². The maximum atomic E-state index is 3.63. The summed E-state index contributed by atoms with van der Waals surface area (Å²) in [6.45, 7) is 4.67. The van der Waals surface area contributed by atoms with Crippen molar-refractivity contribution in [1.29, 1.82) is 0 Å². The van der Waals surface area contributed by atoms with Gasteiger partial charge in [-0.15, -0.1) is 0 Å². The molecule has 0 aromatic rings. The summed E-state index contributed by atoms with van der Waals surface area (Å²) in [6, 6.07) is 0. The Hall–Kier alpha value is -0.340. The van der Waals surface area contributed by atoms with Crippen molar-refractivity contribution in [2.45, 2.75) is 0 Å². The molecule has 0 aromatic heterocycles. The molecule has 1 N–H and O–H groups in total. The van der Waals surface area contributed by atoms with Crippen molar-refractivity contribution in [3.05, 3.63) is 12.7 Å². The Labute approximate surface area is 51.3 Å². The fraction of sp³-hybridized carbons (Fsp3) is 0.667. The number of quaternary nitrogens is 1. The Morgan fingerprint density at radius 2 is 1.75 bits per heavy atom. The number of rotatable bonds is 2. The SMILES string of the molecule is C=CC[N+](C)(C)C.[OH-]. The van der Waals surface area contributed by atoms with Crippen LogP contribution in [-0.4, -0.2) is 37.6 Å². The second-order valence-corrected chi connectivity index (χ2v) is 2.76. The van der Waals surface area contributed by atoms with Gasteiger partial charge in [-0.1, -0.05) is 6.58 Å². The van der Waals surface area contributed by atoms with Gasteiger partial charge in [0.25, 0.3) is 0 Å². The van der Waals surface area contributed by atoms with Gasteiger partial charge in [-0.3, -0.25) is 0 Å². The Balaban J connectivity index is 0. The fourth-order valence-electron chi connectivity index (χ4n) is 0.387. The highest BCUT2D eigenvalue weighted by Gasteiger charge is 1.99. The molecule has 8 heavy (non-hydrogen) atoms. The van der Waals surface area contributed by atoms with Gasteiger partial charge in [0.1, 0.15) is 0 Å². The van der Waals surface area contributed by atoms with E-state index in [-0.39, 0.29) is 5.48 Å². The summed E-state index contributed by atoms with van der Waals surface area (Å²) in [5.74, 6) is 0. The lowest BCUT2D eigenvalue weighted by Crippen LogP contribution is -2.33. The van der Waals surface area contributed by atoms with E-state index in [1.54, 1.807) is 0 Å². The third kappa shape index (κ3) is 9.18. The van der Waals surface area contributed by atoms with Gasteiger partial charge in [0.15, 0.2) is 0 Å². The van der Waals surface area contributed by atoms with Crippen LogP contribution in [0.5, 0.6) is 0 Å². The largest absolute Gasteiger partial charge is 0.870 e. The zero-order valence-corrected chi connectivity index (χ0v) is 5.89. The first-order valence-electron chi connectivity index (χ1n) is 2.47. The van der Waals surface area contributed by atoms with Crippen molar-refractivity contribution in [2.24, 2.45) is 0 Å². The van der Waals surface area contributed by atoms with Crippen LogP contribution < -0.4 is 0 Å². The highest BCUT2D eigenvalue weighted by molar-refractivity contribution is 4.63. The van der Waals surface area contributed by atoms with E-state index in [0.29, 0.717) is 0 Å². The first-order valence-corrected chi connectivity index (χ1v) is 2.47. The maximum Gasteiger partial charge on any atom is 0.0964 e. The first-order chi connectivity index (χ1) is 3.06. The lowest BCUT2D eigenvalue weighted by Gasteiger charge is -2.21. The van der Waals surface area contributed by atoms with Crippen LogP contribution in [-0.2, 0) is 0 Å². The van der Waals surface area contributed by atoms with E-state index in [9.17, 15) is 0 Å². The average Bonchev–Trinajstić information content (AvgIpc) is 1.30. The summed E-state index contributed by atoms with van der Waals surface area (Å²) >= 11 is 0. The number of hydrogen-bond acceptors (Lipinski definition) is 1. The van der Waals surface area contributed by atoms with Crippen LogP contribution >= 0.6 is 0 Å². The van der Waals surface area contributed by atoms with Crippen molar-refractivity contribution in [2.75, 3.05) is 27.7 Å². The second-order valence-electron chi connectivity index (χ2n) is 2.76. The Morgan fingerprint density at radius 1 is 1.38 bits per heavy atom. The lowest BCUT2D eigenvalue weighted by atomic mass is 10.5. The summed E-state index contributed by atoms with van der Waals surface area (Å²) in [6.07, 6.45) is 1.93. The molecule has 0 bridgehead atoms. The summed E-state index contributed by atoms with van der Waals surface area (Å²) in [4.78, 5) is 0. The summed E-state index contributed by atoms with van der Waals surface area (Å²) < 4.78 is 0.976. The molecule has 2 heteroatoms. The van der Waals surface area contributed by atoms with Gasteiger partial charge >= 0.3 is 0 Å². The molecular formula is C6H15NO. The molecule has 0 amide bonds. The van der Waals surface area contributed by atoms with Gasteiger partial charge in [0, 0.05) is 0 Å². The fourth-order valence-corrected chi connectivity index (χ4v) is 0.387. The number of likely N-dealkylation sites (N-methyl/N-ethyl adjacent to an activating group) is 1. The van der Waals surface area contributed by atoms with Gasteiger partial charge < -0.3 is 9.96 Å². The highest BCUT2D eigenvalue weighted by atomic mass is 16.0. The normalized spacial score (nSPS) is 9.88. The van der Waals surface area contributed by atoms with Gasteiger partial charge in [-0.25, -0.2) is 0 Å². The van der Waals surface area contributed by atoms with Crippen LogP contribution in [0, 0.1) is 0 Å². The molecule has 0 saturated heterocycles. The van der Waals surface area contributed by atoms with E-state index in [1.165, 1.54) is 0 Å². The van der Waals surface area contributed by atoms with Crippen molar-refractivity contribution in [3.8, 4) is 0 Å². The predicted molar refractivity (Wildman–Crippen MR) is 35.0 cm³/mol. The van der Waals surface area contributed by atoms with E-state index in [1.807, 2.05) is 6.08 Å². The van der Waals surface area contributed by atoms with E-state index >= 15 is 0 Å². The van der Waals surface area contributed by atoms with Crippen molar-refractivity contribution in [3.63, 3.8) is 0 Å². The van der Waals surface area contributed by atoms with Gasteiger partial charge in [0.2, 0.25) is 0 Å². The molecule has 0 spiro atoms. The molecule has 0 saturated carbocycles. The molecule has 0 radical (unpaired) electrons. The van der Waals surface area contributed by atoms with Crippen LogP contribution in [0.25, 0.3) is 0 Å². The molecule has 0 heterocycles. The first kappa shape index (κ1) is 10.6. The van der Waals surface area contributed by atoms with Gasteiger partial charge in [-0.05, 0) is 6.08 Å². The summed E-state index contributed by atoms with van der Waals surface area (Å²) in [5.41, 5.74) is 0. The van der Waals surface area contributed by atoms with E-state index in [2.05, 4.69) is 27.7 Å². The third-order valence-corrected chi connectivity index (χ3v) is 0.677. The van der Waals surface area contributed by atoms with Crippen molar-refractivity contribution < 1.29 is 9.96 Å². The van der Waals surface area contributed by atoms with Gasteiger partial charge in [0.05, 0.1) is 27.7 Å². The molecule has 0 fully saturated rings. The topological polar surface area (TPSA) is 30.0 Å². The number of hydrogen-bond donors (Lipinski definition) is 0. The number of nitrogens with zero attached hydrogens (tertiary/aromatic N) is 1. The molecule has 0 unspecified atom stereocenters. The zero-order chi connectivity index (χ0) is 5.91. The van der Waals surface area contributed by atoms with E-state index < -0.39 is 0 Å². The van der Waals surface area contributed by atoms with Crippen LogP contribution in [0.1, 0.15) is 0 Å². The molecule has 0 aliphatic carbocycles. The molecule has 0 aliphatic heterocycles. The monoisotopic (exact) mass is 117 g/mol. The van der Waals surface area contributed by atoms with Crippen molar-refractivity contribution in [1.82, 2.24) is 0 Å². The summed E-state index contributed by atoms with van der Waals surface area (Å²) in [5, 5.41) is 0. The molecule has 0 rings (SSSR count). The molecule has 0 aliphatic rings. The molecule has 2 nitrogen and oxygen atoms in total. The Bertz CT molecular complexity index is 63.4. The highest BCUT2D eigenvalue weighted by Crippen LogP contribution is 1.86. The molecular weight excluding hydrogens is 102 g/mol. The molecule has 0 aromatic carbocycles. The van der Waals surface area contributed by atoms with Crippen LogP contribution in [0.4, 0.5) is 0 Å². The maximum absolute atomic E-state index is 3.63. The zero-order valence-electron chi connectivity index (χ0n) is 5.89. The molecule has 0 atom stereocenters.